The van der Waals surface area contributed by atoms with Crippen LogP contribution in [0.1, 0.15) is 19.8 Å². The molecule has 0 saturated carbocycles. The average Bonchev–Trinajstić information content (AvgIpc) is 1.96. The van der Waals surface area contributed by atoms with Crippen LogP contribution in [0.4, 0.5) is 0 Å². The van der Waals surface area contributed by atoms with Gasteiger partial charge in [0.1, 0.15) is 0 Å². The van der Waals surface area contributed by atoms with Gasteiger partial charge in [-0.05, 0) is 19.5 Å². The minimum Gasteiger partial charge on any atom is -0.415 e. The Bertz CT molecular complexity index is 76.5. The molecule has 0 atom stereocenters. The van der Waals surface area contributed by atoms with E-state index in [1.807, 2.05) is 0 Å². The summed E-state index contributed by atoms with van der Waals surface area (Å²) in [6.07, 6.45) is 2.37. The monoisotopic (exact) mass is 175 g/mol. The molecule has 0 bridgehead atoms. The van der Waals surface area contributed by atoms with Gasteiger partial charge in [-0.1, -0.05) is 13.3 Å². The van der Waals surface area contributed by atoms with Gasteiger partial charge in [-0.15, -0.1) is 0 Å². The Morgan fingerprint density at radius 2 is 1.82 bits per heavy atom. The largest absolute Gasteiger partial charge is 0.415 e. The molecule has 2 nitrogen and oxygen atoms in total. The van der Waals surface area contributed by atoms with Gasteiger partial charge in [0.2, 0.25) is 9.04 Å². The second-order valence-electron chi connectivity index (χ2n) is 2.72. The Kier molecular flexibility index (Phi) is 8.34. The van der Waals surface area contributed by atoms with Crippen LogP contribution >= 0.6 is 0 Å². The zero-order valence-corrected chi connectivity index (χ0v) is 8.85. The van der Waals surface area contributed by atoms with E-state index in [1.54, 1.807) is 0 Å². The molecule has 0 aromatic carbocycles. The predicted molar refractivity (Wildman–Crippen MR) is 49.2 cm³/mol. The summed E-state index contributed by atoms with van der Waals surface area (Å²) in [5.74, 6) is 0. The van der Waals surface area contributed by atoms with Crippen molar-refractivity contribution in [3.63, 3.8) is 0 Å². The lowest BCUT2D eigenvalue weighted by atomic mass is 10.4. The van der Waals surface area contributed by atoms with E-state index in [2.05, 4.69) is 20.0 Å². The van der Waals surface area contributed by atoms with Gasteiger partial charge in [0, 0.05) is 6.61 Å². The molecule has 0 heterocycles. The van der Waals surface area contributed by atoms with Crippen LogP contribution in [0.5, 0.6) is 0 Å². The molecule has 0 N–H and O–H groups in total. The van der Waals surface area contributed by atoms with Crippen molar-refractivity contribution in [3.8, 4) is 0 Å². The van der Waals surface area contributed by atoms with Crippen LogP contribution in [0.2, 0.25) is 13.1 Å². The number of unbranched alkanes of at least 4 members (excludes halogenated alkanes) is 1. The van der Waals surface area contributed by atoms with Crippen molar-refractivity contribution in [1.29, 1.82) is 0 Å². The summed E-state index contributed by atoms with van der Waals surface area (Å²) < 4.78 is 10.7. The molecule has 0 amide bonds. The first-order valence-corrected chi connectivity index (χ1v) is 6.69. The molecule has 67 valence electrons. The van der Waals surface area contributed by atoms with Gasteiger partial charge < -0.3 is 9.16 Å². The fourth-order valence-electron chi connectivity index (χ4n) is 0.653. The van der Waals surface area contributed by atoms with Gasteiger partial charge in [0.15, 0.2) is 0 Å². The first-order chi connectivity index (χ1) is 5.27. The first-order valence-electron chi connectivity index (χ1n) is 4.28. The summed E-state index contributed by atoms with van der Waals surface area (Å²) >= 11 is 0. The molecule has 0 saturated heterocycles. The highest BCUT2D eigenvalue weighted by molar-refractivity contribution is 6.48. The molecule has 0 aliphatic carbocycles. The van der Waals surface area contributed by atoms with Gasteiger partial charge in [-0.3, -0.25) is 0 Å². The average molecular weight is 175 g/mol. The van der Waals surface area contributed by atoms with Crippen LogP contribution in [0, 0.1) is 0 Å². The SMILES string of the molecule is CCCCOCCO[Si](C)C. The zero-order valence-electron chi connectivity index (χ0n) is 7.85. The lowest BCUT2D eigenvalue weighted by molar-refractivity contribution is 0.0980. The second kappa shape index (κ2) is 8.24. The van der Waals surface area contributed by atoms with Crippen LogP contribution in [0.25, 0.3) is 0 Å². The Morgan fingerprint density at radius 3 is 2.36 bits per heavy atom. The Morgan fingerprint density at radius 1 is 1.09 bits per heavy atom. The van der Waals surface area contributed by atoms with E-state index in [4.69, 9.17) is 9.16 Å². The fraction of sp³-hybridized carbons (Fsp3) is 1.00. The van der Waals surface area contributed by atoms with E-state index in [1.165, 1.54) is 6.42 Å². The van der Waals surface area contributed by atoms with Crippen LogP contribution in [0.3, 0.4) is 0 Å². The van der Waals surface area contributed by atoms with Crippen molar-refractivity contribution in [2.45, 2.75) is 32.9 Å². The summed E-state index contributed by atoms with van der Waals surface area (Å²) in [6, 6.07) is 0. The van der Waals surface area contributed by atoms with Gasteiger partial charge in [0.05, 0.1) is 13.2 Å². The zero-order chi connectivity index (χ0) is 8.53. The molecule has 3 heteroatoms. The van der Waals surface area contributed by atoms with Crippen LogP contribution < -0.4 is 0 Å². The van der Waals surface area contributed by atoms with Crippen molar-refractivity contribution in [2.24, 2.45) is 0 Å². The maximum absolute atomic E-state index is 5.40. The molecule has 0 rings (SSSR count). The van der Waals surface area contributed by atoms with E-state index in [9.17, 15) is 0 Å². The topological polar surface area (TPSA) is 18.5 Å². The second-order valence-corrected chi connectivity index (χ2v) is 4.83. The van der Waals surface area contributed by atoms with Crippen LogP contribution in [-0.2, 0) is 9.16 Å². The molecular formula is C8H19O2Si. The molecule has 0 spiro atoms. The van der Waals surface area contributed by atoms with E-state index in [0.29, 0.717) is 0 Å². The summed E-state index contributed by atoms with van der Waals surface area (Å²) in [4.78, 5) is 0. The summed E-state index contributed by atoms with van der Waals surface area (Å²) in [6.45, 7) is 8.85. The maximum Gasteiger partial charge on any atom is 0.205 e. The minimum absolute atomic E-state index is 0.507. The van der Waals surface area contributed by atoms with Crippen molar-refractivity contribution in [1.82, 2.24) is 0 Å². The maximum atomic E-state index is 5.40. The molecule has 11 heavy (non-hydrogen) atoms. The van der Waals surface area contributed by atoms with Crippen LogP contribution in [-0.4, -0.2) is 28.9 Å². The summed E-state index contributed by atoms with van der Waals surface area (Å²) in [5.41, 5.74) is 0. The van der Waals surface area contributed by atoms with Gasteiger partial charge in [-0.25, -0.2) is 0 Å². The van der Waals surface area contributed by atoms with Crippen LogP contribution in [0.15, 0.2) is 0 Å². The van der Waals surface area contributed by atoms with Crippen molar-refractivity contribution in [2.75, 3.05) is 19.8 Å². The summed E-state index contributed by atoms with van der Waals surface area (Å²) in [7, 11) is -0.507. The lowest BCUT2D eigenvalue weighted by Gasteiger charge is -2.05. The number of rotatable bonds is 7. The highest BCUT2D eigenvalue weighted by Gasteiger charge is 1.94. The molecule has 0 unspecified atom stereocenters. The standard InChI is InChI=1S/C8H19O2Si/c1-4-5-6-9-7-8-10-11(2)3/h4-8H2,1-3H3. The minimum atomic E-state index is -0.507. The Labute approximate surface area is 71.6 Å². The first kappa shape index (κ1) is 11.1. The molecule has 0 fully saturated rings. The predicted octanol–water partition coefficient (Wildman–Crippen LogP) is 2.07. The van der Waals surface area contributed by atoms with Gasteiger partial charge in [-0.2, -0.15) is 0 Å². The Balaban J connectivity index is 2.80. The number of hydrogen-bond acceptors (Lipinski definition) is 2. The molecule has 0 aromatic heterocycles. The van der Waals surface area contributed by atoms with Crippen molar-refractivity contribution < 1.29 is 9.16 Å². The van der Waals surface area contributed by atoms with Crippen molar-refractivity contribution >= 4 is 9.04 Å². The van der Waals surface area contributed by atoms with E-state index in [0.717, 1.165) is 26.2 Å². The summed E-state index contributed by atoms with van der Waals surface area (Å²) in [5, 5.41) is 0. The fourth-order valence-corrected chi connectivity index (χ4v) is 1.14. The van der Waals surface area contributed by atoms with Crippen molar-refractivity contribution in [3.05, 3.63) is 0 Å². The quantitative estimate of drug-likeness (QED) is 0.435. The van der Waals surface area contributed by atoms with Gasteiger partial charge in [0.25, 0.3) is 0 Å². The van der Waals surface area contributed by atoms with E-state index >= 15 is 0 Å². The van der Waals surface area contributed by atoms with E-state index < -0.39 is 9.04 Å². The number of ether oxygens (including phenoxy) is 1. The lowest BCUT2D eigenvalue weighted by Crippen LogP contribution is -2.13. The molecule has 0 aliphatic heterocycles. The molecule has 0 aromatic rings. The number of hydrogen-bond donors (Lipinski definition) is 0. The van der Waals surface area contributed by atoms with E-state index in [-0.39, 0.29) is 0 Å². The normalized spacial score (nSPS) is 10.9. The molecular weight excluding hydrogens is 156 g/mol. The van der Waals surface area contributed by atoms with Gasteiger partial charge >= 0.3 is 0 Å². The smallest absolute Gasteiger partial charge is 0.205 e. The highest BCUT2D eigenvalue weighted by Crippen LogP contribution is 1.88. The third-order valence-electron chi connectivity index (χ3n) is 1.26. The third kappa shape index (κ3) is 10.1. The Hall–Kier alpha value is 0.137. The highest BCUT2D eigenvalue weighted by atomic mass is 28.3. The molecule has 1 radical (unpaired) electrons. The third-order valence-corrected chi connectivity index (χ3v) is 2.04. The molecule has 0 aliphatic rings.